The molecular formula is C28H23NO3. The Morgan fingerprint density at radius 2 is 1.50 bits per heavy atom. The number of carbonyl (C=O) groups is 2. The highest BCUT2D eigenvalue weighted by Gasteiger charge is 2.50. The van der Waals surface area contributed by atoms with E-state index in [9.17, 15) is 14.7 Å². The van der Waals surface area contributed by atoms with Crippen LogP contribution in [0.25, 0.3) is 10.8 Å². The second-order valence-electron chi connectivity index (χ2n) is 8.20. The van der Waals surface area contributed by atoms with Crippen molar-refractivity contribution in [3.05, 3.63) is 114 Å². The number of amides is 1. The number of aliphatic hydroxyl groups is 1. The van der Waals surface area contributed by atoms with Gasteiger partial charge in [-0.1, -0.05) is 91.0 Å². The molecule has 0 radical (unpaired) electrons. The van der Waals surface area contributed by atoms with Crippen LogP contribution < -0.4 is 4.90 Å². The van der Waals surface area contributed by atoms with E-state index in [0.717, 1.165) is 16.3 Å². The normalized spacial score (nSPS) is 17.5. The Hall–Kier alpha value is -3.76. The number of anilines is 1. The largest absolute Gasteiger partial charge is 0.375 e. The third kappa shape index (κ3) is 3.39. The standard InChI is InChI=1S/C28H23NO3/c30-26(23-14-8-12-21-11-4-5-13-22(21)23)19-28(32)24-15-6-7-16-25(24)29(27(28)31)18-17-20-9-2-1-3-10-20/h1-16,32H,17-19H2/t28-/m0/s1. The predicted octanol–water partition coefficient (Wildman–Crippen LogP) is 4.89. The van der Waals surface area contributed by atoms with Gasteiger partial charge in [0.2, 0.25) is 0 Å². The first-order valence-electron chi connectivity index (χ1n) is 10.8. The number of benzene rings is 4. The minimum Gasteiger partial charge on any atom is -0.375 e. The summed E-state index contributed by atoms with van der Waals surface area (Å²) in [4.78, 5) is 28.4. The lowest BCUT2D eigenvalue weighted by molar-refractivity contribution is -0.135. The average molecular weight is 421 g/mol. The highest BCUT2D eigenvalue weighted by atomic mass is 16.3. The monoisotopic (exact) mass is 421 g/mol. The van der Waals surface area contributed by atoms with Crippen molar-refractivity contribution in [2.45, 2.75) is 18.4 Å². The summed E-state index contributed by atoms with van der Waals surface area (Å²) in [7, 11) is 0. The van der Waals surface area contributed by atoms with Crippen molar-refractivity contribution in [3.63, 3.8) is 0 Å². The number of Topliss-reactive ketones (excluding diaryl/α,β-unsaturated/α-hetero) is 1. The fourth-order valence-electron chi connectivity index (χ4n) is 4.58. The third-order valence-electron chi connectivity index (χ3n) is 6.21. The zero-order valence-electron chi connectivity index (χ0n) is 17.6. The molecule has 0 bridgehead atoms. The van der Waals surface area contributed by atoms with Crippen LogP contribution in [-0.4, -0.2) is 23.3 Å². The SMILES string of the molecule is O=C(C[C@@]1(O)C(=O)N(CCc2ccccc2)c2ccccc21)c1cccc2ccccc12. The molecule has 4 heteroatoms. The minimum atomic E-state index is -1.87. The van der Waals surface area contributed by atoms with Gasteiger partial charge in [-0.2, -0.15) is 0 Å². The Labute approximate surface area is 186 Å². The molecule has 1 aliphatic heterocycles. The van der Waals surface area contributed by atoms with E-state index in [4.69, 9.17) is 0 Å². The van der Waals surface area contributed by atoms with Gasteiger partial charge in [-0.15, -0.1) is 0 Å². The summed E-state index contributed by atoms with van der Waals surface area (Å²) in [6.45, 7) is 0.435. The van der Waals surface area contributed by atoms with Gasteiger partial charge in [0, 0.05) is 17.7 Å². The molecule has 0 spiro atoms. The molecule has 4 aromatic carbocycles. The highest BCUT2D eigenvalue weighted by Crippen LogP contribution is 2.43. The molecule has 0 aromatic heterocycles. The molecule has 0 saturated heterocycles. The number of para-hydroxylation sites is 1. The number of rotatable bonds is 6. The molecule has 158 valence electrons. The molecule has 0 fully saturated rings. The van der Waals surface area contributed by atoms with Gasteiger partial charge in [-0.05, 0) is 28.8 Å². The van der Waals surface area contributed by atoms with Gasteiger partial charge < -0.3 is 10.0 Å². The summed E-state index contributed by atoms with van der Waals surface area (Å²) in [5.74, 6) is -0.694. The van der Waals surface area contributed by atoms with Crippen molar-refractivity contribution >= 4 is 28.2 Å². The van der Waals surface area contributed by atoms with Gasteiger partial charge in [0.05, 0.1) is 12.1 Å². The summed E-state index contributed by atoms with van der Waals surface area (Å²) in [6.07, 6.45) is 0.368. The van der Waals surface area contributed by atoms with Crippen LogP contribution in [0.3, 0.4) is 0 Å². The first kappa shape index (κ1) is 20.2. The van der Waals surface area contributed by atoms with Crippen molar-refractivity contribution < 1.29 is 14.7 Å². The second-order valence-corrected chi connectivity index (χ2v) is 8.20. The minimum absolute atomic E-state index is 0.252. The van der Waals surface area contributed by atoms with E-state index in [1.54, 1.807) is 23.1 Å². The smallest absolute Gasteiger partial charge is 0.264 e. The molecule has 1 N–H and O–H groups in total. The fourth-order valence-corrected chi connectivity index (χ4v) is 4.58. The molecule has 1 atom stereocenters. The van der Waals surface area contributed by atoms with Crippen molar-refractivity contribution in [2.75, 3.05) is 11.4 Å². The van der Waals surface area contributed by atoms with Crippen LogP contribution in [0.4, 0.5) is 5.69 Å². The zero-order valence-corrected chi connectivity index (χ0v) is 17.6. The van der Waals surface area contributed by atoms with E-state index in [-0.39, 0.29) is 12.2 Å². The van der Waals surface area contributed by atoms with Gasteiger partial charge in [0.1, 0.15) is 0 Å². The molecule has 4 nitrogen and oxygen atoms in total. The summed E-state index contributed by atoms with van der Waals surface area (Å²) >= 11 is 0. The van der Waals surface area contributed by atoms with Crippen LogP contribution in [0.1, 0.15) is 27.9 Å². The maximum absolute atomic E-state index is 13.5. The molecular weight excluding hydrogens is 398 g/mol. The van der Waals surface area contributed by atoms with E-state index in [1.165, 1.54) is 0 Å². The van der Waals surface area contributed by atoms with Crippen molar-refractivity contribution in [1.82, 2.24) is 0 Å². The van der Waals surface area contributed by atoms with Gasteiger partial charge in [0.25, 0.3) is 5.91 Å². The number of nitrogens with zero attached hydrogens (tertiary/aromatic N) is 1. The molecule has 1 aliphatic rings. The molecule has 1 amide bonds. The van der Waals surface area contributed by atoms with Crippen LogP contribution in [0.15, 0.2) is 97.1 Å². The van der Waals surface area contributed by atoms with Crippen molar-refractivity contribution in [2.24, 2.45) is 0 Å². The summed E-state index contributed by atoms with van der Waals surface area (Å²) in [5.41, 5.74) is 0.916. The molecule has 0 unspecified atom stereocenters. The molecule has 0 saturated carbocycles. The maximum Gasteiger partial charge on any atom is 0.264 e. The number of fused-ring (bicyclic) bond motifs is 2. The first-order chi connectivity index (χ1) is 15.6. The lowest BCUT2D eigenvalue weighted by Gasteiger charge is -2.23. The Morgan fingerprint density at radius 3 is 2.34 bits per heavy atom. The average Bonchev–Trinajstić information content (AvgIpc) is 3.04. The van der Waals surface area contributed by atoms with Gasteiger partial charge >= 0.3 is 0 Å². The summed E-state index contributed by atoms with van der Waals surface area (Å²) in [6, 6.07) is 30.3. The van der Waals surface area contributed by atoms with E-state index >= 15 is 0 Å². The van der Waals surface area contributed by atoms with Crippen LogP contribution in [-0.2, 0) is 16.8 Å². The van der Waals surface area contributed by atoms with E-state index < -0.39 is 11.5 Å². The number of hydrogen-bond acceptors (Lipinski definition) is 3. The molecule has 32 heavy (non-hydrogen) atoms. The Morgan fingerprint density at radius 1 is 0.812 bits per heavy atom. The van der Waals surface area contributed by atoms with Gasteiger partial charge in [-0.25, -0.2) is 0 Å². The Kier molecular flexibility index (Phi) is 5.08. The zero-order chi connectivity index (χ0) is 22.1. The maximum atomic E-state index is 13.5. The van der Waals surface area contributed by atoms with Crippen LogP contribution in [0.2, 0.25) is 0 Å². The molecule has 0 aliphatic carbocycles. The highest BCUT2D eigenvalue weighted by molar-refractivity contribution is 6.13. The fraction of sp³-hybridized carbons (Fsp3) is 0.143. The topological polar surface area (TPSA) is 57.6 Å². The van der Waals surface area contributed by atoms with Gasteiger partial charge in [-0.3, -0.25) is 9.59 Å². The molecule has 1 heterocycles. The number of hydrogen-bond donors (Lipinski definition) is 1. The van der Waals surface area contributed by atoms with E-state index in [2.05, 4.69) is 0 Å². The summed E-state index contributed by atoms with van der Waals surface area (Å²) in [5, 5.41) is 13.3. The first-order valence-corrected chi connectivity index (χ1v) is 10.8. The molecule has 4 aromatic rings. The van der Waals surface area contributed by atoms with Gasteiger partial charge in [0.15, 0.2) is 11.4 Å². The number of ketones is 1. The van der Waals surface area contributed by atoms with Crippen molar-refractivity contribution in [3.8, 4) is 0 Å². The quantitative estimate of drug-likeness (QED) is 0.451. The lowest BCUT2D eigenvalue weighted by atomic mass is 9.87. The van der Waals surface area contributed by atoms with Crippen LogP contribution >= 0.6 is 0 Å². The predicted molar refractivity (Wildman–Crippen MR) is 126 cm³/mol. The van der Waals surface area contributed by atoms with Crippen LogP contribution in [0, 0.1) is 0 Å². The summed E-state index contributed by atoms with van der Waals surface area (Å²) < 4.78 is 0. The van der Waals surface area contributed by atoms with Crippen LogP contribution in [0.5, 0.6) is 0 Å². The Balaban J connectivity index is 1.46. The Bertz CT molecular complexity index is 1310. The van der Waals surface area contributed by atoms with E-state index in [0.29, 0.717) is 29.8 Å². The number of carbonyl (C=O) groups excluding carboxylic acids is 2. The third-order valence-corrected chi connectivity index (χ3v) is 6.21. The second kappa shape index (κ2) is 8.06. The molecule has 5 rings (SSSR count). The van der Waals surface area contributed by atoms with E-state index in [1.807, 2.05) is 78.9 Å². The van der Waals surface area contributed by atoms with Crippen molar-refractivity contribution in [1.29, 1.82) is 0 Å². The lowest BCUT2D eigenvalue weighted by Crippen LogP contribution is -2.42.